The maximum absolute atomic E-state index is 12.9. The van der Waals surface area contributed by atoms with Crippen LogP contribution in [-0.4, -0.2) is 22.1 Å². The van der Waals surface area contributed by atoms with Gasteiger partial charge in [-0.05, 0) is 37.0 Å². The number of aliphatic hydroxyl groups is 1. The predicted molar refractivity (Wildman–Crippen MR) is 110 cm³/mol. The van der Waals surface area contributed by atoms with Crippen LogP contribution in [0.3, 0.4) is 0 Å². The number of thiazole rings is 1. The Morgan fingerprint density at radius 1 is 1.33 bits per heavy atom. The Labute approximate surface area is 165 Å². The van der Waals surface area contributed by atoms with E-state index >= 15 is 0 Å². The molecule has 4 nitrogen and oxygen atoms in total. The molecular weight excluding hydrogens is 356 g/mol. The Balaban J connectivity index is 1.74. The largest absolute Gasteiger partial charge is 0.392 e. The molecule has 2 unspecified atom stereocenters. The lowest BCUT2D eigenvalue weighted by Crippen LogP contribution is -2.23. The van der Waals surface area contributed by atoms with Gasteiger partial charge in [-0.2, -0.15) is 0 Å². The van der Waals surface area contributed by atoms with Gasteiger partial charge in [-0.3, -0.25) is 4.79 Å². The number of nitrogens with zero attached hydrogens (tertiary/aromatic N) is 1. The van der Waals surface area contributed by atoms with Crippen LogP contribution in [-0.2, 0) is 4.79 Å². The molecule has 0 aliphatic heterocycles. The SMILES string of the molecule is CC(O)CC#Cc1ccc(C(CC2CCCC2)C(=O)Nc2nccs2)cc1. The number of amides is 1. The second-order valence-corrected chi connectivity index (χ2v) is 8.14. The standard InChI is InChI=1S/C22H26N2O2S/c1-16(25)5-4-8-17-9-11-19(12-10-17)20(15-18-6-2-3-7-18)21(26)24-22-23-13-14-27-22/h9-14,16,18,20,25H,2-3,5-7,15H2,1H3,(H,23,24,26). The average Bonchev–Trinajstić information content (AvgIpc) is 3.34. The van der Waals surface area contributed by atoms with Gasteiger partial charge in [0.25, 0.3) is 0 Å². The summed E-state index contributed by atoms with van der Waals surface area (Å²) in [6, 6.07) is 7.94. The van der Waals surface area contributed by atoms with E-state index in [1.54, 1.807) is 13.1 Å². The van der Waals surface area contributed by atoms with Crippen LogP contribution in [0.1, 0.15) is 62.5 Å². The highest BCUT2D eigenvalue weighted by atomic mass is 32.1. The molecule has 1 fully saturated rings. The molecule has 1 aliphatic rings. The van der Waals surface area contributed by atoms with Crippen molar-refractivity contribution in [1.29, 1.82) is 0 Å². The third-order valence-corrected chi connectivity index (χ3v) is 5.65. The number of carbonyl (C=O) groups is 1. The zero-order valence-corrected chi connectivity index (χ0v) is 16.5. The van der Waals surface area contributed by atoms with Gasteiger partial charge in [0.15, 0.2) is 5.13 Å². The van der Waals surface area contributed by atoms with Crippen LogP contribution in [0.4, 0.5) is 5.13 Å². The van der Waals surface area contributed by atoms with E-state index < -0.39 is 6.10 Å². The minimum atomic E-state index is -0.415. The predicted octanol–water partition coefficient (Wildman–Crippen LogP) is 4.57. The molecule has 0 radical (unpaired) electrons. The normalized spacial score (nSPS) is 16.4. The lowest BCUT2D eigenvalue weighted by atomic mass is 9.87. The summed E-state index contributed by atoms with van der Waals surface area (Å²) in [5.41, 5.74) is 1.93. The van der Waals surface area contributed by atoms with Gasteiger partial charge < -0.3 is 10.4 Å². The first-order chi connectivity index (χ1) is 13.1. The number of hydrogen-bond donors (Lipinski definition) is 2. The lowest BCUT2D eigenvalue weighted by Gasteiger charge is -2.20. The first-order valence-corrected chi connectivity index (χ1v) is 10.5. The molecule has 1 amide bonds. The van der Waals surface area contributed by atoms with Crippen molar-refractivity contribution in [2.75, 3.05) is 5.32 Å². The number of nitrogens with one attached hydrogen (secondary N) is 1. The maximum Gasteiger partial charge on any atom is 0.233 e. The Bertz CT molecular complexity index is 782. The van der Waals surface area contributed by atoms with Gasteiger partial charge >= 0.3 is 0 Å². The smallest absolute Gasteiger partial charge is 0.233 e. The highest BCUT2D eigenvalue weighted by Gasteiger charge is 2.27. The fraction of sp³-hybridized carbons (Fsp3) is 0.455. The van der Waals surface area contributed by atoms with Crippen molar-refractivity contribution in [3.63, 3.8) is 0 Å². The fourth-order valence-corrected chi connectivity index (χ4v) is 4.08. The van der Waals surface area contributed by atoms with Crippen molar-refractivity contribution >= 4 is 22.4 Å². The summed E-state index contributed by atoms with van der Waals surface area (Å²) in [5.74, 6) is 6.50. The molecule has 1 saturated carbocycles. The molecule has 1 aliphatic carbocycles. The van der Waals surface area contributed by atoms with E-state index in [0.29, 0.717) is 17.5 Å². The van der Waals surface area contributed by atoms with Crippen molar-refractivity contribution in [3.05, 3.63) is 47.0 Å². The molecule has 3 rings (SSSR count). The van der Waals surface area contributed by atoms with Crippen LogP contribution >= 0.6 is 11.3 Å². The van der Waals surface area contributed by atoms with Crippen molar-refractivity contribution in [1.82, 2.24) is 4.98 Å². The molecule has 0 saturated heterocycles. The van der Waals surface area contributed by atoms with E-state index in [4.69, 9.17) is 0 Å². The molecular formula is C22H26N2O2S. The number of aromatic nitrogens is 1. The minimum Gasteiger partial charge on any atom is -0.392 e. The second-order valence-electron chi connectivity index (χ2n) is 7.24. The van der Waals surface area contributed by atoms with Crippen molar-refractivity contribution in [2.24, 2.45) is 5.92 Å². The van der Waals surface area contributed by atoms with Gasteiger partial charge in [-0.1, -0.05) is 49.7 Å². The first kappa shape index (κ1) is 19.6. The molecule has 5 heteroatoms. The third kappa shape index (κ3) is 5.92. The molecule has 2 N–H and O–H groups in total. The molecule has 0 bridgehead atoms. The van der Waals surface area contributed by atoms with Crippen LogP contribution in [0.25, 0.3) is 0 Å². The fourth-order valence-electron chi connectivity index (χ4n) is 3.55. The summed E-state index contributed by atoms with van der Waals surface area (Å²) < 4.78 is 0. The van der Waals surface area contributed by atoms with Crippen molar-refractivity contribution in [3.8, 4) is 11.8 Å². The quantitative estimate of drug-likeness (QED) is 0.720. The topological polar surface area (TPSA) is 62.2 Å². The van der Waals surface area contributed by atoms with E-state index in [1.807, 2.05) is 29.6 Å². The van der Waals surface area contributed by atoms with Crippen LogP contribution in [0.5, 0.6) is 0 Å². The van der Waals surface area contributed by atoms with E-state index in [-0.39, 0.29) is 11.8 Å². The van der Waals surface area contributed by atoms with E-state index in [2.05, 4.69) is 22.1 Å². The average molecular weight is 383 g/mol. The van der Waals surface area contributed by atoms with Crippen LogP contribution < -0.4 is 5.32 Å². The van der Waals surface area contributed by atoms with Crippen LogP contribution in [0, 0.1) is 17.8 Å². The summed E-state index contributed by atoms with van der Waals surface area (Å²) in [6.45, 7) is 1.73. The van der Waals surface area contributed by atoms with Gasteiger partial charge in [-0.25, -0.2) is 4.98 Å². The van der Waals surface area contributed by atoms with E-state index in [9.17, 15) is 9.90 Å². The van der Waals surface area contributed by atoms with Gasteiger partial charge in [0.2, 0.25) is 5.91 Å². The summed E-state index contributed by atoms with van der Waals surface area (Å²) in [6.07, 6.45) is 7.59. The Morgan fingerprint density at radius 3 is 2.70 bits per heavy atom. The second kappa shape index (κ2) is 9.68. The highest BCUT2D eigenvalue weighted by Crippen LogP contribution is 2.35. The zero-order valence-electron chi connectivity index (χ0n) is 15.6. The van der Waals surface area contributed by atoms with Gasteiger partial charge in [-0.15, -0.1) is 11.3 Å². The lowest BCUT2D eigenvalue weighted by molar-refractivity contribution is -0.118. The molecule has 1 heterocycles. The number of rotatable bonds is 6. The zero-order chi connectivity index (χ0) is 19.1. The van der Waals surface area contributed by atoms with Gasteiger partial charge in [0.1, 0.15) is 0 Å². The third-order valence-electron chi connectivity index (χ3n) is 4.97. The Morgan fingerprint density at radius 2 is 2.07 bits per heavy atom. The monoisotopic (exact) mass is 382 g/mol. The Kier molecular flexibility index (Phi) is 7.03. The number of hydrogen-bond acceptors (Lipinski definition) is 4. The van der Waals surface area contributed by atoms with E-state index in [0.717, 1.165) is 17.5 Å². The van der Waals surface area contributed by atoms with Gasteiger partial charge in [0.05, 0.1) is 12.0 Å². The van der Waals surface area contributed by atoms with Crippen molar-refractivity contribution in [2.45, 2.75) is 57.5 Å². The molecule has 1 aromatic carbocycles. The number of benzene rings is 1. The highest BCUT2D eigenvalue weighted by molar-refractivity contribution is 7.13. The maximum atomic E-state index is 12.9. The van der Waals surface area contributed by atoms with Crippen LogP contribution in [0.2, 0.25) is 0 Å². The summed E-state index contributed by atoms with van der Waals surface area (Å²) in [5, 5.41) is 14.8. The molecule has 142 valence electrons. The number of anilines is 1. The molecule has 27 heavy (non-hydrogen) atoms. The number of carbonyl (C=O) groups excluding carboxylic acids is 1. The van der Waals surface area contributed by atoms with Gasteiger partial charge in [0, 0.05) is 23.6 Å². The molecule has 0 spiro atoms. The molecule has 2 aromatic rings. The summed E-state index contributed by atoms with van der Waals surface area (Å²) in [4.78, 5) is 17.1. The van der Waals surface area contributed by atoms with E-state index in [1.165, 1.54) is 37.0 Å². The summed E-state index contributed by atoms with van der Waals surface area (Å²) >= 11 is 1.44. The number of aliphatic hydroxyl groups excluding tert-OH is 1. The first-order valence-electron chi connectivity index (χ1n) is 9.59. The summed E-state index contributed by atoms with van der Waals surface area (Å²) in [7, 11) is 0. The van der Waals surface area contributed by atoms with Crippen molar-refractivity contribution < 1.29 is 9.90 Å². The Hall–Kier alpha value is -2.16. The molecule has 2 atom stereocenters. The minimum absolute atomic E-state index is 0.0183. The molecule has 1 aromatic heterocycles. The van der Waals surface area contributed by atoms with Crippen LogP contribution in [0.15, 0.2) is 35.8 Å².